The molecule has 0 radical (unpaired) electrons. The summed E-state index contributed by atoms with van der Waals surface area (Å²) in [5.41, 5.74) is -0.877. The van der Waals surface area contributed by atoms with Gasteiger partial charge in [0.15, 0.2) is 0 Å². The summed E-state index contributed by atoms with van der Waals surface area (Å²) >= 11 is 0. The molecule has 2 fully saturated rings. The summed E-state index contributed by atoms with van der Waals surface area (Å²) in [4.78, 5) is 26.9. The topological polar surface area (TPSA) is 83.8 Å². The first kappa shape index (κ1) is 16.0. The van der Waals surface area contributed by atoms with Crippen LogP contribution >= 0.6 is 0 Å². The van der Waals surface area contributed by atoms with Crippen molar-refractivity contribution in [2.75, 3.05) is 39.4 Å². The van der Waals surface area contributed by atoms with Crippen molar-refractivity contribution in [3.8, 4) is 0 Å². The molecule has 3 rings (SSSR count). The quantitative estimate of drug-likeness (QED) is 0.697. The van der Waals surface area contributed by atoms with Crippen molar-refractivity contribution in [3.05, 3.63) is 24.2 Å². The van der Waals surface area contributed by atoms with Crippen molar-refractivity contribution in [2.45, 2.75) is 19.4 Å². The first-order valence-electron chi connectivity index (χ1n) is 8.10. The van der Waals surface area contributed by atoms with Crippen molar-refractivity contribution >= 4 is 11.8 Å². The summed E-state index contributed by atoms with van der Waals surface area (Å²) in [7, 11) is 0. The minimum absolute atomic E-state index is 0.164. The fourth-order valence-electron chi connectivity index (χ4n) is 2.75. The number of amides is 2. The van der Waals surface area contributed by atoms with Crippen molar-refractivity contribution in [3.63, 3.8) is 0 Å². The molecule has 23 heavy (non-hydrogen) atoms. The number of carbonyl (C=O) groups is 2. The zero-order chi connectivity index (χ0) is 16.1. The van der Waals surface area contributed by atoms with E-state index in [0.717, 1.165) is 32.8 Å². The van der Waals surface area contributed by atoms with Crippen molar-refractivity contribution < 1.29 is 18.7 Å². The number of morpholine rings is 1. The van der Waals surface area contributed by atoms with Gasteiger partial charge in [-0.1, -0.05) is 0 Å². The summed E-state index contributed by atoms with van der Waals surface area (Å²) in [6.45, 7) is 4.94. The minimum atomic E-state index is -0.877. The molecule has 7 heteroatoms. The molecule has 1 aromatic heterocycles. The lowest BCUT2D eigenvalue weighted by molar-refractivity contribution is -0.137. The average Bonchev–Trinajstić information content (AvgIpc) is 3.23. The second-order valence-corrected chi connectivity index (χ2v) is 6.05. The van der Waals surface area contributed by atoms with Crippen LogP contribution in [0.3, 0.4) is 0 Å². The standard InChI is InChI=1S/C16H23N3O4/c20-14(17-5-6-19-7-10-22-11-8-19)16(3-4-16)15(21)18-12-13-2-1-9-23-13/h1-2,9H,3-8,10-12H2,(H,17,20)(H,18,21). The number of ether oxygens (including phenoxy) is 1. The second kappa shape index (κ2) is 7.14. The Morgan fingerprint density at radius 3 is 2.57 bits per heavy atom. The van der Waals surface area contributed by atoms with Gasteiger partial charge in [-0.15, -0.1) is 0 Å². The Kier molecular flexibility index (Phi) is 4.97. The lowest BCUT2D eigenvalue weighted by Gasteiger charge is -2.26. The fourth-order valence-corrected chi connectivity index (χ4v) is 2.75. The summed E-state index contributed by atoms with van der Waals surface area (Å²) in [5.74, 6) is 0.308. The smallest absolute Gasteiger partial charge is 0.236 e. The number of furan rings is 1. The van der Waals surface area contributed by atoms with Gasteiger partial charge < -0.3 is 19.8 Å². The summed E-state index contributed by atoms with van der Waals surface area (Å²) in [6, 6.07) is 3.56. The highest BCUT2D eigenvalue weighted by atomic mass is 16.5. The van der Waals surface area contributed by atoms with Crippen LogP contribution in [0.2, 0.25) is 0 Å². The molecule has 0 atom stereocenters. The molecule has 0 aromatic carbocycles. The molecule has 126 valence electrons. The number of carbonyl (C=O) groups excluding carboxylic acids is 2. The zero-order valence-corrected chi connectivity index (χ0v) is 13.2. The van der Waals surface area contributed by atoms with Crippen molar-refractivity contribution in [1.29, 1.82) is 0 Å². The predicted molar refractivity (Wildman–Crippen MR) is 82.5 cm³/mol. The number of hydrogen-bond donors (Lipinski definition) is 2. The summed E-state index contributed by atoms with van der Waals surface area (Å²) < 4.78 is 10.5. The van der Waals surface area contributed by atoms with E-state index in [2.05, 4.69) is 15.5 Å². The number of hydrogen-bond acceptors (Lipinski definition) is 5. The number of rotatable bonds is 7. The van der Waals surface area contributed by atoms with Crippen LogP contribution in [-0.4, -0.2) is 56.1 Å². The van der Waals surface area contributed by atoms with Crippen molar-refractivity contribution in [2.24, 2.45) is 5.41 Å². The van der Waals surface area contributed by atoms with Crippen molar-refractivity contribution in [1.82, 2.24) is 15.5 Å². The van der Waals surface area contributed by atoms with Gasteiger partial charge in [0.25, 0.3) is 0 Å². The third kappa shape index (κ3) is 3.92. The Balaban J connectivity index is 1.41. The Bertz CT molecular complexity index is 534. The molecule has 1 saturated carbocycles. The molecule has 0 spiro atoms. The van der Waals surface area contributed by atoms with Crippen LogP contribution < -0.4 is 10.6 Å². The maximum atomic E-state index is 12.3. The van der Waals surface area contributed by atoms with Crippen LogP contribution in [0, 0.1) is 5.41 Å². The van der Waals surface area contributed by atoms with Crippen LogP contribution in [0.15, 0.2) is 22.8 Å². The molecule has 0 unspecified atom stereocenters. The summed E-state index contributed by atoms with van der Waals surface area (Å²) in [6.07, 6.45) is 2.79. The lowest BCUT2D eigenvalue weighted by Crippen LogP contribution is -2.46. The van der Waals surface area contributed by atoms with Crippen LogP contribution in [0.5, 0.6) is 0 Å². The maximum Gasteiger partial charge on any atom is 0.236 e. The molecular formula is C16H23N3O4. The molecule has 1 aromatic rings. The number of nitrogens with zero attached hydrogens (tertiary/aromatic N) is 1. The van der Waals surface area contributed by atoms with Gasteiger partial charge in [-0.2, -0.15) is 0 Å². The second-order valence-electron chi connectivity index (χ2n) is 6.05. The predicted octanol–water partition coefficient (Wildman–Crippen LogP) is 0.124. The molecule has 2 aliphatic rings. The molecule has 0 bridgehead atoms. The highest BCUT2D eigenvalue weighted by Crippen LogP contribution is 2.46. The van der Waals surface area contributed by atoms with Gasteiger partial charge in [0.1, 0.15) is 11.2 Å². The van der Waals surface area contributed by atoms with Crippen LogP contribution in [0.4, 0.5) is 0 Å². The SMILES string of the molecule is O=C(NCCN1CCOCC1)C1(C(=O)NCc2ccco2)CC1. The van der Waals surface area contributed by atoms with E-state index in [1.54, 1.807) is 18.4 Å². The third-order valence-electron chi connectivity index (χ3n) is 4.44. The molecule has 2 heterocycles. The van der Waals surface area contributed by atoms with Gasteiger partial charge in [0.2, 0.25) is 11.8 Å². The Hall–Kier alpha value is -1.86. The van der Waals surface area contributed by atoms with Gasteiger partial charge >= 0.3 is 0 Å². The molecule has 1 aliphatic heterocycles. The Morgan fingerprint density at radius 1 is 1.17 bits per heavy atom. The Labute approximate surface area is 135 Å². The van der Waals surface area contributed by atoms with Crippen LogP contribution in [0.25, 0.3) is 0 Å². The Morgan fingerprint density at radius 2 is 1.91 bits per heavy atom. The first-order chi connectivity index (χ1) is 11.2. The number of nitrogens with one attached hydrogen (secondary N) is 2. The van der Waals surface area contributed by atoms with E-state index in [4.69, 9.17) is 9.15 Å². The first-order valence-corrected chi connectivity index (χ1v) is 8.10. The normalized spacial score (nSPS) is 20.0. The maximum absolute atomic E-state index is 12.3. The lowest BCUT2D eigenvalue weighted by atomic mass is 10.1. The molecule has 1 saturated heterocycles. The monoisotopic (exact) mass is 321 g/mol. The molecule has 7 nitrogen and oxygen atoms in total. The van der Waals surface area contributed by atoms with E-state index in [0.29, 0.717) is 31.7 Å². The minimum Gasteiger partial charge on any atom is -0.467 e. The third-order valence-corrected chi connectivity index (χ3v) is 4.44. The van der Waals surface area contributed by atoms with E-state index < -0.39 is 5.41 Å². The molecule has 2 amide bonds. The molecule has 1 aliphatic carbocycles. The van der Waals surface area contributed by atoms with E-state index >= 15 is 0 Å². The molecular weight excluding hydrogens is 298 g/mol. The fraction of sp³-hybridized carbons (Fsp3) is 0.625. The average molecular weight is 321 g/mol. The largest absolute Gasteiger partial charge is 0.467 e. The van der Waals surface area contributed by atoms with E-state index in [1.165, 1.54) is 0 Å². The van der Waals surface area contributed by atoms with E-state index in [1.807, 2.05) is 0 Å². The van der Waals surface area contributed by atoms with Gasteiger partial charge in [0, 0.05) is 26.2 Å². The molecule has 2 N–H and O–H groups in total. The van der Waals surface area contributed by atoms with Gasteiger partial charge in [0.05, 0.1) is 26.0 Å². The highest BCUT2D eigenvalue weighted by molar-refractivity contribution is 6.07. The van der Waals surface area contributed by atoms with Gasteiger partial charge in [-0.25, -0.2) is 0 Å². The van der Waals surface area contributed by atoms with Crippen LogP contribution in [-0.2, 0) is 20.9 Å². The summed E-state index contributed by atoms with van der Waals surface area (Å²) in [5, 5.41) is 5.69. The van der Waals surface area contributed by atoms with E-state index in [9.17, 15) is 9.59 Å². The zero-order valence-electron chi connectivity index (χ0n) is 13.2. The highest BCUT2D eigenvalue weighted by Gasteiger charge is 2.56. The van der Waals surface area contributed by atoms with Gasteiger partial charge in [-0.05, 0) is 25.0 Å². The van der Waals surface area contributed by atoms with Crippen LogP contribution in [0.1, 0.15) is 18.6 Å². The van der Waals surface area contributed by atoms with E-state index in [-0.39, 0.29) is 11.8 Å². The van der Waals surface area contributed by atoms with Gasteiger partial charge in [-0.3, -0.25) is 14.5 Å².